The number of ether oxygens (including phenoxy) is 1. The van der Waals surface area contributed by atoms with Crippen LogP contribution in [-0.2, 0) is 16.3 Å². The lowest BCUT2D eigenvalue weighted by Gasteiger charge is -2.09. The van der Waals surface area contributed by atoms with Gasteiger partial charge < -0.3 is 10.1 Å². The molecule has 0 unspecified atom stereocenters. The van der Waals surface area contributed by atoms with Crippen LogP contribution in [0, 0.1) is 6.92 Å². The Morgan fingerprint density at radius 1 is 1.40 bits per heavy atom. The molecule has 4 rings (SSSR count). The first kappa shape index (κ1) is 16.5. The lowest BCUT2D eigenvalue weighted by Crippen LogP contribution is -2.35. The van der Waals surface area contributed by atoms with Crippen LogP contribution < -0.4 is 10.1 Å². The van der Waals surface area contributed by atoms with Gasteiger partial charge >= 0.3 is 0 Å². The van der Waals surface area contributed by atoms with E-state index in [1.165, 1.54) is 11.3 Å². The summed E-state index contributed by atoms with van der Waals surface area (Å²) in [7, 11) is -3.02. The van der Waals surface area contributed by atoms with Crippen molar-refractivity contribution >= 4 is 27.1 Å². The third kappa shape index (κ3) is 3.28. The zero-order valence-corrected chi connectivity index (χ0v) is 15.4. The summed E-state index contributed by atoms with van der Waals surface area (Å²) < 4.78 is 28.6. The van der Waals surface area contributed by atoms with E-state index in [1.54, 1.807) is 6.92 Å². The normalized spacial score (nSPS) is 20.9. The number of carbonyl (C=O) groups excluding carboxylic acids is 1. The summed E-state index contributed by atoms with van der Waals surface area (Å²) in [6.45, 7) is 2.50. The number of amides is 1. The van der Waals surface area contributed by atoms with Crippen molar-refractivity contribution in [1.29, 1.82) is 0 Å². The van der Waals surface area contributed by atoms with Gasteiger partial charge in [-0.3, -0.25) is 4.79 Å². The molecule has 0 saturated carbocycles. The summed E-state index contributed by atoms with van der Waals surface area (Å²) in [5.41, 5.74) is 2.79. The second-order valence-electron chi connectivity index (χ2n) is 6.43. The van der Waals surface area contributed by atoms with Crippen molar-refractivity contribution in [2.45, 2.75) is 25.8 Å². The Morgan fingerprint density at radius 2 is 2.24 bits per heavy atom. The molecule has 3 heterocycles. The van der Waals surface area contributed by atoms with Gasteiger partial charge in [-0.1, -0.05) is 0 Å². The predicted molar refractivity (Wildman–Crippen MR) is 96.0 cm³/mol. The van der Waals surface area contributed by atoms with Crippen LogP contribution in [0.25, 0.3) is 10.6 Å². The predicted octanol–water partition coefficient (Wildman–Crippen LogP) is 1.97. The third-order valence-corrected chi connectivity index (χ3v) is 7.48. The highest BCUT2D eigenvalue weighted by atomic mass is 32.2. The van der Waals surface area contributed by atoms with Gasteiger partial charge in [0.25, 0.3) is 5.91 Å². The Hall–Kier alpha value is -1.93. The Balaban J connectivity index is 1.55. The minimum absolute atomic E-state index is 0.0221. The van der Waals surface area contributed by atoms with Crippen molar-refractivity contribution in [3.8, 4) is 16.3 Å². The molecule has 132 valence electrons. The number of rotatable bonds is 3. The number of hydrogen-bond acceptors (Lipinski definition) is 6. The van der Waals surface area contributed by atoms with E-state index in [2.05, 4.69) is 16.4 Å². The molecule has 0 bridgehead atoms. The number of sulfone groups is 1. The van der Waals surface area contributed by atoms with Crippen molar-refractivity contribution in [2.24, 2.45) is 0 Å². The number of aryl methyl sites for hydroxylation is 1. The summed E-state index contributed by atoms with van der Waals surface area (Å²) in [6.07, 6.45) is 1.36. The minimum Gasteiger partial charge on any atom is -0.493 e. The van der Waals surface area contributed by atoms with Crippen molar-refractivity contribution < 1.29 is 17.9 Å². The highest BCUT2D eigenvalue weighted by molar-refractivity contribution is 7.91. The lowest BCUT2D eigenvalue weighted by molar-refractivity contribution is 0.0944. The molecule has 6 nitrogen and oxygen atoms in total. The number of nitrogens with zero attached hydrogens (tertiary/aromatic N) is 1. The molecule has 2 aliphatic rings. The van der Waals surface area contributed by atoms with E-state index in [1.807, 2.05) is 12.1 Å². The molecule has 1 N–H and O–H groups in total. The maximum Gasteiger partial charge on any atom is 0.263 e. The van der Waals surface area contributed by atoms with Crippen LogP contribution in [0.4, 0.5) is 0 Å². The fourth-order valence-electron chi connectivity index (χ4n) is 3.21. The van der Waals surface area contributed by atoms with Crippen LogP contribution >= 0.6 is 11.3 Å². The second kappa shape index (κ2) is 6.10. The molecule has 0 spiro atoms. The van der Waals surface area contributed by atoms with Crippen molar-refractivity contribution in [3.05, 3.63) is 34.3 Å². The number of aromatic nitrogens is 1. The first-order valence-corrected chi connectivity index (χ1v) is 10.8. The van der Waals surface area contributed by atoms with Crippen LogP contribution in [0.15, 0.2) is 18.2 Å². The first-order chi connectivity index (χ1) is 11.9. The summed E-state index contributed by atoms with van der Waals surface area (Å²) in [6, 6.07) is 5.65. The molecule has 1 fully saturated rings. The zero-order chi connectivity index (χ0) is 17.6. The van der Waals surface area contributed by atoms with Crippen LogP contribution in [-0.4, -0.2) is 43.5 Å². The van der Waals surface area contributed by atoms with Gasteiger partial charge in [-0.15, -0.1) is 11.3 Å². The minimum atomic E-state index is -3.02. The average Bonchev–Trinajstić information content (AvgIpc) is 3.25. The standard InChI is InChI=1S/C17H18N2O4S2/c1-10-15(16(20)19-13-5-7-25(21,22)9-13)24-17(18-10)12-2-3-14-11(8-12)4-6-23-14/h2-3,8,13H,4-7,9H2,1H3,(H,19,20)/t13-/m1/s1. The summed E-state index contributed by atoms with van der Waals surface area (Å²) in [4.78, 5) is 17.6. The van der Waals surface area contributed by atoms with E-state index in [0.717, 1.165) is 28.3 Å². The Labute approximate surface area is 150 Å². The van der Waals surface area contributed by atoms with Crippen LogP contribution in [0.3, 0.4) is 0 Å². The van der Waals surface area contributed by atoms with Gasteiger partial charge in [-0.2, -0.15) is 0 Å². The molecular weight excluding hydrogens is 360 g/mol. The summed E-state index contributed by atoms with van der Waals surface area (Å²) in [5, 5.41) is 3.62. The number of fused-ring (bicyclic) bond motifs is 1. The fraction of sp³-hybridized carbons (Fsp3) is 0.412. The Bertz CT molecular complexity index is 950. The highest BCUT2D eigenvalue weighted by Gasteiger charge is 2.30. The lowest BCUT2D eigenvalue weighted by atomic mass is 10.1. The SMILES string of the molecule is Cc1nc(-c2ccc3c(c2)CCO3)sc1C(=O)N[C@@H]1CCS(=O)(=O)C1. The van der Waals surface area contributed by atoms with Crippen LogP contribution in [0.1, 0.15) is 27.3 Å². The molecule has 1 aromatic heterocycles. The molecule has 1 aromatic carbocycles. The van der Waals surface area contributed by atoms with E-state index in [9.17, 15) is 13.2 Å². The van der Waals surface area contributed by atoms with Crippen LogP contribution in [0.2, 0.25) is 0 Å². The van der Waals surface area contributed by atoms with Gasteiger partial charge in [0, 0.05) is 18.0 Å². The number of thiazole rings is 1. The van der Waals surface area contributed by atoms with Crippen molar-refractivity contribution in [1.82, 2.24) is 10.3 Å². The summed E-state index contributed by atoms with van der Waals surface area (Å²) in [5.74, 6) is 0.835. The quantitative estimate of drug-likeness (QED) is 0.883. The molecular formula is C17H18N2O4S2. The smallest absolute Gasteiger partial charge is 0.263 e. The van der Waals surface area contributed by atoms with Gasteiger partial charge in [0.1, 0.15) is 15.6 Å². The number of nitrogens with one attached hydrogen (secondary N) is 1. The molecule has 0 radical (unpaired) electrons. The van der Waals surface area contributed by atoms with Gasteiger partial charge in [0.2, 0.25) is 0 Å². The molecule has 1 amide bonds. The average molecular weight is 378 g/mol. The summed E-state index contributed by atoms with van der Waals surface area (Å²) >= 11 is 1.34. The van der Waals surface area contributed by atoms with E-state index in [-0.39, 0.29) is 23.5 Å². The monoisotopic (exact) mass is 378 g/mol. The molecule has 1 saturated heterocycles. The molecule has 1 atom stereocenters. The fourth-order valence-corrected chi connectivity index (χ4v) is 5.85. The number of carbonyl (C=O) groups is 1. The molecule has 25 heavy (non-hydrogen) atoms. The van der Waals surface area contributed by atoms with E-state index in [0.29, 0.717) is 23.6 Å². The maximum absolute atomic E-state index is 12.5. The zero-order valence-electron chi connectivity index (χ0n) is 13.7. The van der Waals surface area contributed by atoms with E-state index < -0.39 is 9.84 Å². The Kier molecular flexibility index (Phi) is 4.04. The van der Waals surface area contributed by atoms with Crippen molar-refractivity contribution in [3.63, 3.8) is 0 Å². The third-order valence-electron chi connectivity index (χ3n) is 4.51. The van der Waals surface area contributed by atoms with Gasteiger partial charge in [-0.05, 0) is 37.1 Å². The van der Waals surface area contributed by atoms with Crippen LogP contribution in [0.5, 0.6) is 5.75 Å². The molecule has 0 aliphatic carbocycles. The topological polar surface area (TPSA) is 85.4 Å². The maximum atomic E-state index is 12.5. The van der Waals surface area contributed by atoms with Crippen molar-refractivity contribution in [2.75, 3.05) is 18.1 Å². The van der Waals surface area contributed by atoms with E-state index >= 15 is 0 Å². The number of hydrogen-bond donors (Lipinski definition) is 1. The van der Waals surface area contributed by atoms with Gasteiger partial charge in [0.15, 0.2) is 9.84 Å². The first-order valence-electron chi connectivity index (χ1n) is 8.16. The Morgan fingerprint density at radius 3 is 3.00 bits per heavy atom. The second-order valence-corrected chi connectivity index (χ2v) is 9.66. The molecule has 2 aromatic rings. The molecule has 2 aliphatic heterocycles. The van der Waals surface area contributed by atoms with E-state index in [4.69, 9.17) is 4.74 Å². The molecule has 8 heteroatoms. The van der Waals surface area contributed by atoms with Gasteiger partial charge in [-0.25, -0.2) is 13.4 Å². The highest BCUT2D eigenvalue weighted by Crippen LogP contribution is 2.33. The largest absolute Gasteiger partial charge is 0.493 e. The van der Waals surface area contributed by atoms with Gasteiger partial charge in [0.05, 0.1) is 23.8 Å². The number of benzene rings is 1.